The highest BCUT2D eigenvalue weighted by Gasteiger charge is 2.48. The van der Waals surface area contributed by atoms with Crippen molar-refractivity contribution in [1.82, 2.24) is 5.32 Å². The smallest absolute Gasteiger partial charge is 0.238 e. The van der Waals surface area contributed by atoms with Crippen molar-refractivity contribution in [2.45, 2.75) is 32.4 Å². The molecule has 2 unspecified atom stereocenters. The molecule has 1 amide bonds. The lowest BCUT2D eigenvalue weighted by Gasteiger charge is -2.51. The molecule has 0 aromatic heterocycles. The molecular formula is C15H22N2O2. The van der Waals surface area contributed by atoms with Crippen LogP contribution in [-0.2, 0) is 9.53 Å². The first-order valence-electron chi connectivity index (χ1n) is 6.65. The fraction of sp³-hybridized carbons (Fsp3) is 0.533. The fourth-order valence-corrected chi connectivity index (χ4v) is 2.57. The largest absolute Gasteiger partial charge is 0.381 e. The Kier molecular flexibility index (Phi) is 4.22. The Labute approximate surface area is 114 Å². The van der Waals surface area contributed by atoms with Crippen LogP contribution in [0.2, 0.25) is 0 Å². The molecule has 0 radical (unpaired) electrons. The normalized spacial score (nSPS) is 24.6. The Morgan fingerprint density at radius 3 is 2.63 bits per heavy atom. The van der Waals surface area contributed by atoms with Crippen LogP contribution in [0.25, 0.3) is 0 Å². The van der Waals surface area contributed by atoms with Gasteiger partial charge in [-0.1, -0.05) is 32.0 Å². The highest BCUT2D eigenvalue weighted by atomic mass is 16.5. The molecule has 104 valence electrons. The van der Waals surface area contributed by atoms with E-state index in [2.05, 4.69) is 24.5 Å². The van der Waals surface area contributed by atoms with Gasteiger partial charge in [0.2, 0.25) is 5.91 Å². The van der Waals surface area contributed by atoms with Crippen LogP contribution in [0.15, 0.2) is 30.3 Å². The zero-order chi connectivity index (χ0) is 13.9. The SMILES string of the molecule is COC1CC(NCC(=O)Nc2ccccc2)C1(C)C. The number of benzene rings is 1. The highest BCUT2D eigenvalue weighted by Crippen LogP contribution is 2.42. The lowest BCUT2D eigenvalue weighted by molar-refractivity contribution is -0.119. The van der Waals surface area contributed by atoms with E-state index in [1.807, 2.05) is 30.3 Å². The van der Waals surface area contributed by atoms with Crippen molar-refractivity contribution in [3.05, 3.63) is 30.3 Å². The van der Waals surface area contributed by atoms with E-state index in [-0.39, 0.29) is 17.4 Å². The van der Waals surface area contributed by atoms with E-state index in [9.17, 15) is 4.79 Å². The molecule has 4 nitrogen and oxygen atoms in total. The number of amides is 1. The summed E-state index contributed by atoms with van der Waals surface area (Å²) < 4.78 is 5.39. The monoisotopic (exact) mass is 262 g/mol. The third-order valence-corrected chi connectivity index (χ3v) is 4.03. The van der Waals surface area contributed by atoms with Gasteiger partial charge in [0, 0.05) is 24.3 Å². The summed E-state index contributed by atoms with van der Waals surface area (Å²) in [6.07, 6.45) is 1.24. The molecule has 1 aromatic rings. The zero-order valence-electron chi connectivity index (χ0n) is 11.8. The van der Waals surface area contributed by atoms with Crippen molar-refractivity contribution in [3.8, 4) is 0 Å². The van der Waals surface area contributed by atoms with E-state index in [1.54, 1.807) is 7.11 Å². The summed E-state index contributed by atoms with van der Waals surface area (Å²) in [7, 11) is 1.74. The van der Waals surface area contributed by atoms with Gasteiger partial charge < -0.3 is 15.4 Å². The summed E-state index contributed by atoms with van der Waals surface area (Å²) >= 11 is 0. The number of para-hydroxylation sites is 1. The van der Waals surface area contributed by atoms with Gasteiger partial charge in [-0.3, -0.25) is 4.79 Å². The summed E-state index contributed by atoms with van der Waals surface area (Å²) in [5, 5.41) is 6.17. The second-order valence-electron chi connectivity index (χ2n) is 5.63. The van der Waals surface area contributed by atoms with E-state index < -0.39 is 0 Å². The molecule has 2 N–H and O–H groups in total. The van der Waals surface area contributed by atoms with Gasteiger partial charge in [-0.15, -0.1) is 0 Å². The first-order valence-corrected chi connectivity index (χ1v) is 6.65. The van der Waals surface area contributed by atoms with Crippen LogP contribution in [0.4, 0.5) is 5.69 Å². The van der Waals surface area contributed by atoms with E-state index >= 15 is 0 Å². The molecular weight excluding hydrogens is 240 g/mol. The molecule has 19 heavy (non-hydrogen) atoms. The molecule has 0 heterocycles. The van der Waals surface area contributed by atoms with Crippen molar-refractivity contribution < 1.29 is 9.53 Å². The maximum Gasteiger partial charge on any atom is 0.238 e. The summed E-state index contributed by atoms with van der Waals surface area (Å²) in [4.78, 5) is 11.8. The molecule has 1 saturated carbocycles. The standard InChI is InChI=1S/C15H22N2O2/c1-15(2)12(9-13(15)19-3)16-10-14(18)17-11-7-5-4-6-8-11/h4-8,12-13,16H,9-10H2,1-3H3,(H,17,18). The third kappa shape index (κ3) is 3.14. The molecule has 4 heteroatoms. The molecule has 2 rings (SSSR count). The minimum Gasteiger partial charge on any atom is -0.381 e. The van der Waals surface area contributed by atoms with Crippen molar-refractivity contribution in [1.29, 1.82) is 0 Å². The molecule has 0 aliphatic heterocycles. The van der Waals surface area contributed by atoms with Crippen LogP contribution >= 0.6 is 0 Å². The number of nitrogens with one attached hydrogen (secondary N) is 2. The van der Waals surface area contributed by atoms with Crippen LogP contribution in [-0.4, -0.2) is 31.7 Å². The molecule has 1 aliphatic rings. The number of methoxy groups -OCH3 is 1. The Bertz CT molecular complexity index is 431. The molecule has 1 aromatic carbocycles. The Balaban J connectivity index is 1.76. The predicted molar refractivity (Wildman–Crippen MR) is 76.1 cm³/mol. The van der Waals surface area contributed by atoms with Crippen LogP contribution in [0.1, 0.15) is 20.3 Å². The Morgan fingerprint density at radius 1 is 1.37 bits per heavy atom. The van der Waals surface area contributed by atoms with Crippen molar-refractivity contribution >= 4 is 11.6 Å². The van der Waals surface area contributed by atoms with Gasteiger partial charge in [0.1, 0.15) is 0 Å². The maximum absolute atomic E-state index is 11.8. The van der Waals surface area contributed by atoms with Crippen molar-refractivity contribution in [2.75, 3.05) is 19.0 Å². The van der Waals surface area contributed by atoms with Crippen LogP contribution < -0.4 is 10.6 Å². The lowest BCUT2D eigenvalue weighted by Crippen LogP contribution is -2.61. The Morgan fingerprint density at radius 2 is 2.05 bits per heavy atom. The van der Waals surface area contributed by atoms with E-state index in [1.165, 1.54) is 0 Å². The lowest BCUT2D eigenvalue weighted by atomic mass is 9.64. The number of ether oxygens (including phenoxy) is 1. The number of anilines is 1. The molecule has 1 fully saturated rings. The molecule has 0 saturated heterocycles. The second-order valence-corrected chi connectivity index (χ2v) is 5.63. The fourth-order valence-electron chi connectivity index (χ4n) is 2.57. The van der Waals surface area contributed by atoms with Gasteiger partial charge in [-0.2, -0.15) is 0 Å². The second kappa shape index (κ2) is 5.72. The molecule has 0 spiro atoms. The van der Waals surface area contributed by atoms with Crippen LogP contribution in [0.3, 0.4) is 0 Å². The van der Waals surface area contributed by atoms with E-state index in [0.29, 0.717) is 12.6 Å². The van der Waals surface area contributed by atoms with Gasteiger partial charge >= 0.3 is 0 Å². The molecule has 1 aliphatic carbocycles. The number of hydrogen-bond acceptors (Lipinski definition) is 3. The van der Waals surface area contributed by atoms with Gasteiger partial charge in [0.05, 0.1) is 12.6 Å². The number of rotatable bonds is 5. The minimum atomic E-state index is -0.0112. The van der Waals surface area contributed by atoms with Gasteiger partial charge in [0.15, 0.2) is 0 Å². The summed E-state index contributed by atoms with van der Waals surface area (Å²) in [5.41, 5.74) is 0.916. The summed E-state index contributed by atoms with van der Waals surface area (Å²) in [5.74, 6) is -0.0112. The van der Waals surface area contributed by atoms with Crippen molar-refractivity contribution in [2.24, 2.45) is 5.41 Å². The number of carbonyl (C=O) groups is 1. The maximum atomic E-state index is 11.8. The summed E-state index contributed by atoms with van der Waals surface area (Å²) in [6.45, 7) is 4.66. The topological polar surface area (TPSA) is 50.4 Å². The number of hydrogen-bond donors (Lipinski definition) is 2. The average molecular weight is 262 g/mol. The quantitative estimate of drug-likeness (QED) is 0.853. The minimum absolute atomic E-state index is 0.0112. The van der Waals surface area contributed by atoms with E-state index in [4.69, 9.17) is 4.74 Å². The van der Waals surface area contributed by atoms with Crippen LogP contribution in [0.5, 0.6) is 0 Å². The van der Waals surface area contributed by atoms with Gasteiger partial charge in [-0.05, 0) is 18.6 Å². The Hall–Kier alpha value is -1.39. The van der Waals surface area contributed by atoms with Gasteiger partial charge in [0.25, 0.3) is 0 Å². The number of carbonyl (C=O) groups excluding carboxylic acids is 1. The summed E-state index contributed by atoms with van der Waals surface area (Å²) in [6, 6.07) is 9.83. The predicted octanol–water partition coefficient (Wildman–Crippen LogP) is 2.03. The first-order chi connectivity index (χ1) is 9.04. The first kappa shape index (κ1) is 14.0. The molecule has 0 bridgehead atoms. The van der Waals surface area contributed by atoms with Crippen molar-refractivity contribution in [3.63, 3.8) is 0 Å². The van der Waals surface area contributed by atoms with E-state index in [0.717, 1.165) is 12.1 Å². The van der Waals surface area contributed by atoms with Gasteiger partial charge in [-0.25, -0.2) is 0 Å². The third-order valence-electron chi connectivity index (χ3n) is 4.03. The average Bonchev–Trinajstić information content (AvgIpc) is 2.39. The zero-order valence-corrected chi connectivity index (χ0v) is 11.8. The molecule has 2 atom stereocenters. The van der Waals surface area contributed by atoms with Crippen LogP contribution in [0, 0.1) is 5.41 Å². The highest BCUT2D eigenvalue weighted by molar-refractivity contribution is 5.92.